The fourth-order valence-corrected chi connectivity index (χ4v) is 3.93. The Balaban J connectivity index is 1.76. The van der Waals surface area contributed by atoms with E-state index in [9.17, 15) is 14.4 Å². The Kier molecular flexibility index (Phi) is 3.08. The van der Waals surface area contributed by atoms with E-state index in [-0.39, 0.29) is 12.4 Å². The van der Waals surface area contributed by atoms with Crippen LogP contribution in [0.4, 0.5) is 0 Å². The standard InChI is InChI=1S/C15H21NO6/c1-13(2)14(3)4-5-15(13,22-11(14)19)12(20)21-8-6-9(10(17)18)16-7-8/h8-9,16H,4-7H2,1-3H3,(H,17,18). The van der Waals surface area contributed by atoms with Gasteiger partial charge in [0.15, 0.2) is 0 Å². The molecule has 2 heterocycles. The van der Waals surface area contributed by atoms with Gasteiger partial charge < -0.3 is 19.9 Å². The van der Waals surface area contributed by atoms with Gasteiger partial charge in [-0.2, -0.15) is 0 Å². The van der Waals surface area contributed by atoms with E-state index in [0.717, 1.165) is 0 Å². The van der Waals surface area contributed by atoms with Crippen molar-refractivity contribution < 1.29 is 29.0 Å². The Hall–Kier alpha value is -1.63. The van der Waals surface area contributed by atoms with Crippen LogP contribution >= 0.6 is 0 Å². The Morgan fingerprint density at radius 3 is 2.45 bits per heavy atom. The highest BCUT2D eigenvalue weighted by Gasteiger charge is 2.76. The highest BCUT2D eigenvalue weighted by Crippen LogP contribution is 2.65. The van der Waals surface area contributed by atoms with Crippen molar-refractivity contribution in [1.29, 1.82) is 0 Å². The number of carbonyl (C=O) groups is 3. The number of fused-ring (bicyclic) bond motifs is 2. The predicted molar refractivity (Wildman–Crippen MR) is 73.9 cm³/mol. The lowest BCUT2D eigenvalue weighted by atomic mass is 9.66. The number of esters is 2. The van der Waals surface area contributed by atoms with Gasteiger partial charge in [-0.05, 0) is 19.8 Å². The van der Waals surface area contributed by atoms with E-state index in [1.54, 1.807) is 0 Å². The summed E-state index contributed by atoms with van der Waals surface area (Å²) in [7, 11) is 0. The van der Waals surface area contributed by atoms with Gasteiger partial charge in [0.2, 0.25) is 5.60 Å². The van der Waals surface area contributed by atoms with Crippen molar-refractivity contribution in [2.24, 2.45) is 10.8 Å². The first-order valence-corrected chi connectivity index (χ1v) is 7.55. The molecule has 7 heteroatoms. The minimum absolute atomic E-state index is 0.225. The summed E-state index contributed by atoms with van der Waals surface area (Å²) in [5.41, 5.74) is -2.57. The molecule has 3 fully saturated rings. The number of aliphatic carboxylic acids is 1. The lowest BCUT2D eigenvalue weighted by Crippen LogP contribution is -2.50. The van der Waals surface area contributed by atoms with E-state index < -0.39 is 40.5 Å². The molecule has 2 aliphatic heterocycles. The van der Waals surface area contributed by atoms with Crippen LogP contribution in [0.2, 0.25) is 0 Å². The summed E-state index contributed by atoms with van der Waals surface area (Å²) in [6.07, 6.45) is 0.756. The van der Waals surface area contributed by atoms with Gasteiger partial charge in [0.05, 0.1) is 5.41 Å². The van der Waals surface area contributed by atoms with Crippen LogP contribution in [-0.2, 0) is 23.9 Å². The normalized spacial score (nSPS) is 42.2. The summed E-state index contributed by atoms with van der Waals surface area (Å²) in [5, 5.41) is 11.8. The number of carboxylic acid groups (broad SMARTS) is 1. The van der Waals surface area contributed by atoms with Crippen molar-refractivity contribution in [2.45, 2.75) is 57.8 Å². The van der Waals surface area contributed by atoms with Crippen LogP contribution < -0.4 is 5.32 Å². The molecule has 1 aliphatic carbocycles. The molecule has 122 valence electrons. The number of ether oxygens (including phenoxy) is 2. The molecule has 0 radical (unpaired) electrons. The van der Waals surface area contributed by atoms with Crippen LogP contribution in [0.5, 0.6) is 0 Å². The zero-order valence-corrected chi connectivity index (χ0v) is 13.0. The molecule has 4 unspecified atom stereocenters. The van der Waals surface area contributed by atoms with Crippen molar-refractivity contribution in [3.63, 3.8) is 0 Å². The minimum Gasteiger partial charge on any atom is -0.480 e. The second kappa shape index (κ2) is 4.44. The molecule has 2 N–H and O–H groups in total. The molecule has 22 heavy (non-hydrogen) atoms. The van der Waals surface area contributed by atoms with Crippen LogP contribution in [-0.4, -0.2) is 47.3 Å². The number of nitrogens with one attached hydrogen (secondary N) is 1. The van der Waals surface area contributed by atoms with Crippen LogP contribution in [0.3, 0.4) is 0 Å². The number of hydrogen-bond acceptors (Lipinski definition) is 6. The number of hydrogen-bond donors (Lipinski definition) is 2. The third-order valence-electron chi connectivity index (χ3n) is 6.08. The summed E-state index contributed by atoms with van der Waals surface area (Å²) in [5.74, 6) is -1.86. The molecule has 0 spiro atoms. The molecule has 0 amide bonds. The summed E-state index contributed by atoms with van der Waals surface area (Å²) < 4.78 is 10.9. The highest BCUT2D eigenvalue weighted by atomic mass is 16.6. The minimum atomic E-state index is -1.25. The summed E-state index contributed by atoms with van der Waals surface area (Å²) in [6.45, 7) is 5.84. The summed E-state index contributed by atoms with van der Waals surface area (Å²) in [4.78, 5) is 35.8. The van der Waals surface area contributed by atoms with E-state index in [2.05, 4.69) is 5.32 Å². The lowest BCUT2D eigenvalue weighted by molar-refractivity contribution is -0.186. The molecule has 4 atom stereocenters. The Morgan fingerprint density at radius 2 is 2.00 bits per heavy atom. The number of carbonyl (C=O) groups excluding carboxylic acids is 2. The fourth-order valence-electron chi connectivity index (χ4n) is 3.93. The molecule has 2 saturated heterocycles. The van der Waals surface area contributed by atoms with Gasteiger partial charge in [-0.15, -0.1) is 0 Å². The van der Waals surface area contributed by atoms with E-state index in [0.29, 0.717) is 19.4 Å². The lowest BCUT2D eigenvalue weighted by Gasteiger charge is -2.35. The number of carboxylic acids is 1. The van der Waals surface area contributed by atoms with Crippen molar-refractivity contribution in [3.05, 3.63) is 0 Å². The first-order valence-electron chi connectivity index (χ1n) is 7.55. The largest absolute Gasteiger partial charge is 0.480 e. The van der Waals surface area contributed by atoms with E-state index in [4.69, 9.17) is 14.6 Å². The van der Waals surface area contributed by atoms with Gasteiger partial charge in [0.25, 0.3) is 0 Å². The third kappa shape index (κ3) is 1.68. The van der Waals surface area contributed by atoms with Crippen molar-refractivity contribution in [2.75, 3.05) is 6.54 Å². The average Bonchev–Trinajstić information content (AvgIpc) is 3.00. The maximum atomic E-state index is 12.7. The summed E-state index contributed by atoms with van der Waals surface area (Å²) in [6, 6.07) is -0.705. The van der Waals surface area contributed by atoms with Crippen LogP contribution in [0.25, 0.3) is 0 Å². The van der Waals surface area contributed by atoms with Gasteiger partial charge in [-0.3, -0.25) is 9.59 Å². The first kappa shape index (κ1) is 15.3. The molecule has 1 saturated carbocycles. The molecule has 0 aromatic heterocycles. The quantitative estimate of drug-likeness (QED) is 0.730. The van der Waals surface area contributed by atoms with Gasteiger partial charge in [-0.25, -0.2) is 4.79 Å². The van der Waals surface area contributed by atoms with Crippen molar-refractivity contribution in [3.8, 4) is 0 Å². The first-order chi connectivity index (χ1) is 10.1. The SMILES string of the molecule is CC12CCC(C(=O)OC3CNC(C(=O)O)C3)(OC1=O)C2(C)C. The van der Waals surface area contributed by atoms with Crippen LogP contribution in [0, 0.1) is 10.8 Å². The Labute approximate surface area is 128 Å². The van der Waals surface area contributed by atoms with Crippen LogP contribution in [0.15, 0.2) is 0 Å². The van der Waals surface area contributed by atoms with Crippen LogP contribution in [0.1, 0.15) is 40.0 Å². The van der Waals surface area contributed by atoms with E-state index in [1.165, 1.54) is 0 Å². The Morgan fingerprint density at radius 1 is 1.32 bits per heavy atom. The molecule has 2 bridgehead atoms. The molecule has 3 rings (SSSR count). The fraction of sp³-hybridized carbons (Fsp3) is 0.800. The zero-order valence-electron chi connectivity index (χ0n) is 13.0. The zero-order chi connectivity index (χ0) is 16.3. The van der Waals surface area contributed by atoms with Gasteiger partial charge in [-0.1, -0.05) is 13.8 Å². The second-order valence-corrected chi connectivity index (χ2v) is 7.24. The van der Waals surface area contributed by atoms with Gasteiger partial charge in [0, 0.05) is 18.4 Å². The predicted octanol–water partition coefficient (Wildman–Crippen LogP) is 0.467. The second-order valence-electron chi connectivity index (χ2n) is 7.24. The van der Waals surface area contributed by atoms with E-state index in [1.807, 2.05) is 20.8 Å². The molecule has 0 aromatic rings. The number of rotatable bonds is 3. The maximum absolute atomic E-state index is 12.7. The van der Waals surface area contributed by atoms with Crippen molar-refractivity contribution >= 4 is 17.9 Å². The van der Waals surface area contributed by atoms with Gasteiger partial charge in [0.1, 0.15) is 12.1 Å². The average molecular weight is 311 g/mol. The monoisotopic (exact) mass is 311 g/mol. The molecular weight excluding hydrogens is 290 g/mol. The van der Waals surface area contributed by atoms with Crippen molar-refractivity contribution in [1.82, 2.24) is 5.32 Å². The topological polar surface area (TPSA) is 102 Å². The molecule has 7 nitrogen and oxygen atoms in total. The smallest absolute Gasteiger partial charge is 0.351 e. The molecule has 3 aliphatic rings. The van der Waals surface area contributed by atoms with Gasteiger partial charge >= 0.3 is 17.9 Å². The molecular formula is C15H21NO6. The molecule has 0 aromatic carbocycles. The third-order valence-corrected chi connectivity index (χ3v) is 6.08. The summed E-state index contributed by atoms with van der Waals surface area (Å²) >= 11 is 0. The maximum Gasteiger partial charge on any atom is 0.351 e. The van der Waals surface area contributed by atoms with E-state index >= 15 is 0 Å². The highest BCUT2D eigenvalue weighted by molar-refractivity contribution is 5.93. The Bertz CT molecular complexity index is 558.